The highest BCUT2D eigenvalue weighted by molar-refractivity contribution is 5.72. The number of aliphatic hydroxyl groups excluding tert-OH is 1. The van der Waals surface area contributed by atoms with Gasteiger partial charge in [-0.25, -0.2) is 0 Å². The number of carboxylic acids is 1. The third kappa shape index (κ3) is 4.63. The average Bonchev–Trinajstić information content (AvgIpc) is 3.55. The fourth-order valence-corrected chi connectivity index (χ4v) is 4.85. The Hall–Kier alpha value is -4.23. The van der Waals surface area contributed by atoms with Crippen molar-refractivity contribution in [1.29, 1.82) is 0 Å². The van der Waals surface area contributed by atoms with E-state index in [4.69, 9.17) is 18.9 Å². The lowest BCUT2D eigenvalue weighted by Gasteiger charge is -2.39. The number of aliphatic carboxylic acids is 1. The van der Waals surface area contributed by atoms with Crippen LogP contribution in [-0.2, 0) is 11.0 Å². The van der Waals surface area contributed by atoms with Crippen molar-refractivity contribution < 1.29 is 42.0 Å². The first-order valence-corrected chi connectivity index (χ1v) is 12.1. The van der Waals surface area contributed by atoms with E-state index in [2.05, 4.69) is 20.6 Å². The summed E-state index contributed by atoms with van der Waals surface area (Å²) >= 11 is 0. The van der Waals surface area contributed by atoms with Crippen LogP contribution in [0.2, 0.25) is 0 Å². The Labute approximate surface area is 218 Å². The van der Waals surface area contributed by atoms with E-state index in [9.17, 15) is 23.1 Å². The highest BCUT2D eigenvalue weighted by Gasteiger charge is 2.43. The Balaban J connectivity index is 1.23. The molecule has 0 saturated heterocycles. The predicted molar refractivity (Wildman–Crippen MR) is 127 cm³/mol. The number of carbonyl (C=O) groups is 1. The maximum absolute atomic E-state index is 14.0. The standard InChI is InChI=1S/C26H21F3N4O6/c27-26(28,29)19-20(12-4-2-1-3-5-12)32-38-22(19)24-31-23(33-39-24)13-6-7-16-18(10-13)37-11-17(21(16)34)30-15-8-14(9-15)25(35)36/h1-7,10,14-15,17,21,30,34H,8-9,11H2,(H,35,36)/t14-,15-,17-,21+/m0/s1. The van der Waals surface area contributed by atoms with Crippen LogP contribution in [0.3, 0.4) is 0 Å². The highest BCUT2D eigenvalue weighted by Crippen LogP contribution is 2.43. The largest absolute Gasteiger partial charge is 0.491 e. The van der Waals surface area contributed by atoms with E-state index in [1.165, 1.54) is 12.1 Å². The summed E-state index contributed by atoms with van der Waals surface area (Å²) in [5.74, 6) is -2.04. The van der Waals surface area contributed by atoms with Gasteiger partial charge in [0.25, 0.3) is 5.89 Å². The molecule has 3 N–H and O–H groups in total. The Morgan fingerprint density at radius 2 is 1.79 bits per heavy atom. The lowest BCUT2D eigenvalue weighted by molar-refractivity contribution is -0.145. The molecule has 0 spiro atoms. The van der Waals surface area contributed by atoms with Gasteiger partial charge in [-0.3, -0.25) is 4.79 Å². The van der Waals surface area contributed by atoms with Crippen LogP contribution in [0.1, 0.15) is 30.1 Å². The molecule has 1 aliphatic carbocycles. The van der Waals surface area contributed by atoms with Crippen LogP contribution >= 0.6 is 0 Å². The van der Waals surface area contributed by atoms with Crippen LogP contribution in [0.15, 0.2) is 57.6 Å². The number of nitrogens with zero attached hydrogens (tertiary/aromatic N) is 3. The summed E-state index contributed by atoms with van der Waals surface area (Å²) in [4.78, 5) is 15.1. The minimum atomic E-state index is -4.80. The molecule has 2 aromatic carbocycles. The first-order chi connectivity index (χ1) is 18.7. The number of hydrogen-bond acceptors (Lipinski definition) is 9. The molecule has 1 fully saturated rings. The third-order valence-electron chi connectivity index (χ3n) is 6.97. The summed E-state index contributed by atoms with van der Waals surface area (Å²) in [5, 5.41) is 30.6. The number of fused-ring (bicyclic) bond motifs is 1. The van der Waals surface area contributed by atoms with Gasteiger partial charge in [0.05, 0.1) is 12.0 Å². The normalized spacial score (nSPS) is 22.6. The first kappa shape index (κ1) is 25.1. The molecule has 2 aliphatic rings. The summed E-state index contributed by atoms with van der Waals surface area (Å²) in [5.41, 5.74) is -0.403. The molecule has 0 unspecified atom stereocenters. The van der Waals surface area contributed by atoms with Gasteiger partial charge in [-0.15, -0.1) is 0 Å². The fourth-order valence-electron chi connectivity index (χ4n) is 4.85. The Bertz CT molecular complexity index is 1510. The third-order valence-corrected chi connectivity index (χ3v) is 6.97. The zero-order valence-electron chi connectivity index (χ0n) is 20.1. The molecular formula is C26H21F3N4O6. The molecule has 1 aliphatic heterocycles. The van der Waals surface area contributed by atoms with Crippen molar-refractivity contribution in [2.45, 2.75) is 37.2 Å². The van der Waals surface area contributed by atoms with E-state index in [0.29, 0.717) is 29.7 Å². The van der Waals surface area contributed by atoms with Crippen molar-refractivity contribution in [2.24, 2.45) is 5.92 Å². The topological polar surface area (TPSA) is 144 Å². The quantitative estimate of drug-likeness (QED) is 0.322. The molecule has 3 heterocycles. The lowest BCUT2D eigenvalue weighted by atomic mass is 9.79. The molecule has 2 atom stereocenters. The number of nitrogens with one attached hydrogen (secondary N) is 1. The van der Waals surface area contributed by atoms with Crippen LogP contribution in [0.4, 0.5) is 13.2 Å². The fraction of sp³-hybridized carbons (Fsp3) is 0.308. The number of alkyl halides is 3. The maximum atomic E-state index is 14.0. The summed E-state index contributed by atoms with van der Waals surface area (Å²) in [6.45, 7) is 0.138. The minimum absolute atomic E-state index is 0.00824. The highest BCUT2D eigenvalue weighted by atomic mass is 19.4. The smallest absolute Gasteiger partial charge is 0.422 e. The Kier molecular flexibility index (Phi) is 6.11. The molecule has 0 amide bonds. The van der Waals surface area contributed by atoms with E-state index in [1.807, 2.05) is 0 Å². The van der Waals surface area contributed by atoms with Crippen molar-refractivity contribution >= 4 is 5.97 Å². The Morgan fingerprint density at radius 3 is 2.51 bits per heavy atom. The van der Waals surface area contributed by atoms with E-state index in [1.54, 1.807) is 36.4 Å². The summed E-state index contributed by atoms with van der Waals surface area (Å²) in [6, 6.07) is 12.1. The minimum Gasteiger partial charge on any atom is -0.491 e. The molecule has 1 saturated carbocycles. The first-order valence-electron chi connectivity index (χ1n) is 12.1. The van der Waals surface area contributed by atoms with Gasteiger partial charge in [0.2, 0.25) is 11.6 Å². The summed E-state index contributed by atoms with van der Waals surface area (Å²) < 4.78 is 58.0. The molecule has 6 rings (SSSR count). The second kappa shape index (κ2) is 9.50. The zero-order chi connectivity index (χ0) is 27.3. The van der Waals surface area contributed by atoms with Crippen LogP contribution < -0.4 is 10.1 Å². The number of aliphatic hydroxyl groups is 1. The molecule has 10 nitrogen and oxygen atoms in total. The number of hydrogen-bond donors (Lipinski definition) is 3. The van der Waals surface area contributed by atoms with Crippen molar-refractivity contribution in [2.75, 3.05) is 6.61 Å². The van der Waals surface area contributed by atoms with E-state index < -0.39 is 47.2 Å². The van der Waals surface area contributed by atoms with Gasteiger partial charge in [0.1, 0.15) is 29.7 Å². The molecule has 2 aromatic heterocycles. The SMILES string of the molecule is O=C(O)[C@H]1C[C@H](N[C@H]2COc3cc(-c4noc(-c5onc(-c6ccccc6)c5C(F)(F)F)n4)ccc3[C@H]2O)C1. The van der Waals surface area contributed by atoms with Crippen molar-refractivity contribution in [3.63, 3.8) is 0 Å². The zero-order valence-corrected chi connectivity index (χ0v) is 20.1. The number of aromatic nitrogens is 3. The predicted octanol–water partition coefficient (Wildman–Crippen LogP) is 4.32. The van der Waals surface area contributed by atoms with Gasteiger partial charge < -0.3 is 29.3 Å². The van der Waals surface area contributed by atoms with Gasteiger partial charge in [0.15, 0.2) is 0 Å². The molecule has 13 heteroatoms. The second-order valence-electron chi connectivity index (χ2n) is 9.51. The summed E-state index contributed by atoms with van der Waals surface area (Å²) in [6.07, 6.45) is -4.74. The number of ether oxygens (including phenoxy) is 1. The van der Waals surface area contributed by atoms with Gasteiger partial charge in [-0.1, -0.05) is 52.8 Å². The van der Waals surface area contributed by atoms with E-state index in [0.717, 1.165) is 0 Å². The molecule has 0 radical (unpaired) electrons. The van der Waals surface area contributed by atoms with Crippen LogP contribution in [-0.4, -0.2) is 50.2 Å². The van der Waals surface area contributed by atoms with Crippen LogP contribution in [0, 0.1) is 5.92 Å². The van der Waals surface area contributed by atoms with Gasteiger partial charge in [-0.05, 0) is 18.9 Å². The van der Waals surface area contributed by atoms with Gasteiger partial charge in [0, 0.05) is 22.7 Å². The molecule has 4 aromatic rings. The average molecular weight is 542 g/mol. The molecule has 202 valence electrons. The number of benzene rings is 2. The number of rotatable bonds is 6. The monoisotopic (exact) mass is 542 g/mol. The lowest BCUT2D eigenvalue weighted by Crippen LogP contribution is -2.53. The van der Waals surface area contributed by atoms with Gasteiger partial charge in [-0.2, -0.15) is 18.2 Å². The van der Waals surface area contributed by atoms with Crippen molar-refractivity contribution in [3.8, 4) is 40.0 Å². The molecule has 0 bridgehead atoms. The van der Waals surface area contributed by atoms with Crippen molar-refractivity contribution in [1.82, 2.24) is 20.6 Å². The second-order valence-corrected chi connectivity index (χ2v) is 9.51. The van der Waals surface area contributed by atoms with Crippen LogP contribution in [0.25, 0.3) is 34.3 Å². The molecular weight excluding hydrogens is 521 g/mol. The van der Waals surface area contributed by atoms with Crippen molar-refractivity contribution in [3.05, 3.63) is 59.7 Å². The van der Waals surface area contributed by atoms with Crippen LogP contribution in [0.5, 0.6) is 5.75 Å². The summed E-state index contributed by atoms with van der Waals surface area (Å²) in [7, 11) is 0. The maximum Gasteiger partial charge on any atom is 0.422 e. The Morgan fingerprint density at radius 1 is 1.03 bits per heavy atom. The van der Waals surface area contributed by atoms with Gasteiger partial charge >= 0.3 is 12.1 Å². The molecule has 39 heavy (non-hydrogen) atoms. The van der Waals surface area contributed by atoms with E-state index in [-0.39, 0.29) is 30.0 Å². The number of carboxylic acid groups (broad SMARTS) is 1. The van der Waals surface area contributed by atoms with E-state index >= 15 is 0 Å². The number of halogens is 3.